The van der Waals surface area contributed by atoms with Crippen LogP contribution >= 0.6 is 0 Å². The third-order valence-electron chi connectivity index (χ3n) is 7.84. The Bertz CT molecular complexity index is 1340. The zero-order valence-electron chi connectivity index (χ0n) is 21.4. The molecule has 1 aliphatic heterocycles. The van der Waals surface area contributed by atoms with Crippen molar-refractivity contribution in [3.63, 3.8) is 0 Å². The molecule has 0 saturated heterocycles. The number of H-pyrrole nitrogens is 1. The molecule has 38 heavy (non-hydrogen) atoms. The number of imidazole rings is 1. The molecule has 2 aliphatic rings. The largest absolute Gasteiger partial charge is 0.416 e. The summed E-state index contributed by atoms with van der Waals surface area (Å²) < 4.78 is 68.5. The lowest BCUT2D eigenvalue weighted by atomic mass is 9.97. The van der Waals surface area contributed by atoms with E-state index in [0.29, 0.717) is 12.5 Å². The van der Waals surface area contributed by atoms with Crippen LogP contribution in [0.3, 0.4) is 0 Å². The lowest BCUT2D eigenvalue weighted by molar-refractivity contribution is -0.137. The van der Waals surface area contributed by atoms with Gasteiger partial charge in [0.05, 0.1) is 29.0 Å². The highest BCUT2D eigenvalue weighted by Crippen LogP contribution is 2.37. The van der Waals surface area contributed by atoms with Gasteiger partial charge < -0.3 is 9.88 Å². The van der Waals surface area contributed by atoms with Crippen molar-refractivity contribution in [3.05, 3.63) is 77.4 Å². The number of anilines is 1. The Morgan fingerprint density at radius 2 is 1.79 bits per heavy atom. The number of nitrogens with zero attached hydrogens (tertiary/aromatic N) is 3. The number of rotatable bonds is 7. The van der Waals surface area contributed by atoms with Gasteiger partial charge in [0, 0.05) is 31.0 Å². The van der Waals surface area contributed by atoms with Crippen molar-refractivity contribution in [2.45, 2.75) is 75.7 Å². The van der Waals surface area contributed by atoms with Gasteiger partial charge in [-0.3, -0.25) is 0 Å². The number of halogens is 3. The van der Waals surface area contributed by atoms with Crippen LogP contribution in [-0.4, -0.2) is 35.3 Å². The normalized spacial score (nSPS) is 19.5. The first-order valence-corrected chi connectivity index (χ1v) is 14.6. The molecule has 0 amide bonds. The number of fused-ring (bicyclic) bond motifs is 1. The first-order valence-electron chi connectivity index (χ1n) is 13.1. The Kier molecular flexibility index (Phi) is 7.55. The summed E-state index contributed by atoms with van der Waals surface area (Å²) in [6.07, 6.45) is 5.62. The topological polar surface area (TPSA) is 69.3 Å². The molecule has 0 unspecified atom stereocenters. The Labute approximate surface area is 221 Å². The molecule has 1 atom stereocenters. The summed E-state index contributed by atoms with van der Waals surface area (Å²) in [5, 5.41) is 0. The number of aromatic nitrogens is 2. The van der Waals surface area contributed by atoms with E-state index >= 15 is 0 Å². The second-order valence-corrected chi connectivity index (χ2v) is 12.5. The molecule has 1 aromatic heterocycles. The Hall–Kier alpha value is -2.85. The first kappa shape index (κ1) is 26.7. The van der Waals surface area contributed by atoms with Gasteiger partial charge in [-0.15, -0.1) is 0 Å². The zero-order valence-corrected chi connectivity index (χ0v) is 22.2. The van der Waals surface area contributed by atoms with E-state index in [1.54, 1.807) is 12.5 Å². The number of hydrogen-bond donors (Lipinski definition) is 1. The van der Waals surface area contributed by atoms with E-state index in [9.17, 15) is 21.6 Å². The van der Waals surface area contributed by atoms with E-state index in [1.165, 1.54) is 30.0 Å². The third-order valence-corrected chi connectivity index (χ3v) is 9.67. The van der Waals surface area contributed by atoms with Gasteiger partial charge in [-0.25, -0.2) is 13.4 Å². The highest BCUT2D eigenvalue weighted by molar-refractivity contribution is 7.89. The molecule has 1 aliphatic carbocycles. The van der Waals surface area contributed by atoms with Crippen LogP contribution in [0.2, 0.25) is 0 Å². The van der Waals surface area contributed by atoms with Gasteiger partial charge in [0.15, 0.2) is 0 Å². The SMILES string of the molecule is Cc1ccc2c(c1)CN(S(=O)(=O)c1ccc(C(F)(F)F)cc1)C[C@@H](CCC1CCCC1)N2Cc1cnc[nH]1. The highest BCUT2D eigenvalue weighted by Gasteiger charge is 2.36. The minimum Gasteiger partial charge on any atom is -0.361 e. The molecule has 2 heterocycles. The Morgan fingerprint density at radius 3 is 2.45 bits per heavy atom. The van der Waals surface area contributed by atoms with Gasteiger partial charge in [0.2, 0.25) is 10.0 Å². The van der Waals surface area contributed by atoms with E-state index in [-0.39, 0.29) is 24.0 Å². The summed E-state index contributed by atoms with van der Waals surface area (Å²) in [6, 6.07) is 9.79. The highest BCUT2D eigenvalue weighted by atomic mass is 32.2. The van der Waals surface area contributed by atoms with Gasteiger partial charge in [-0.1, -0.05) is 43.4 Å². The van der Waals surface area contributed by atoms with Gasteiger partial charge in [-0.05, 0) is 61.6 Å². The molecule has 1 saturated carbocycles. The number of sulfonamides is 1. The lowest BCUT2D eigenvalue weighted by Crippen LogP contribution is -2.43. The fourth-order valence-electron chi connectivity index (χ4n) is 5.80. The van der Waals surface area contributed by atoms with E-state index in [4.69, 9.17) is 0 Å². The van der Waals surface area contributed by atoms with Crippen molar-refractivity contribution in [1.29, 1.82) is 0 Å². The molecule has 6 nitrogen and oxygen atoms in total. The molecule has 1 N–H and O–H groups in total. The second-order valence-electron chi connectivity index (χ2n) is 10.5. The molecule has 204 valence electrons. The maximum atomic E-state index is 13.8. The van der Waals surface area contributed by atoms with Crippen molar-refractivity contribution in [3.8, 4) is 0 Å². The molecular weight excluding hydrogens is 513 g/mol. The van der Waals surface area contributed by atoms with Gasteiger partial charge in [-0.2, -0.15) is 17.5 Å². The first-order chi connectivity index (χ1) is 18.1. The van der Waals surface area contributed by atoms with E-state index in [2.05, 4.69) is 20.9 Å². The van der Waals surface area contributed by atoms with Crippen LogP contribution in [0.1, 0.15) is 60.9 Å². The predicted octanol–water partition coefficient (Wildman–Crippen LogP) is 6.29. The second kappa shape index (κ2) is 10.7. The zero-order chi connectivity index (χ0) is 26.9. The minimum absolute atomic E-state index is 0.105. The van der Waals surface area contributed by atoms with Gasteiger partial charge in [0.25, 0.3) is 0 Å². The molecule has 1 fully saturated rings. The van der Waals surface area contributed by atoms with E-state index in [0.717, 1.165) is 59.6 Å². The molecule has 0 spiro atoms. The molecule has 5 rings (SSSR count). The molecule has 10 heteroatoms. The molecular formula is C28H33F3N4O2S. The van der Waals surface area contributed by atoms with Crippen molar-refractivity contribution < 1.29 is 21.6 Å². The summed E-state index contributed by atoms with van der Waals surface area (Å²) in [7, 11) is -4.04. The average molecular weight is 547 g/mol. The summed E-state index contributed by atoms with van der Waals surface area (Å²) in [5.41, 5.74) is 2.94. The van der Waals surface area contributed by atoms with Crippen LogP contribution in [0.25, 0.3) is 0 Å². The smallest absolute Gasteiger partial charge is 0.361 e. The van der Waals surface area contributed by atoms with Gasteiger partial charge in [0.1, 0.15) is 0 Å². The molecule has 3 aromatic rings. The fourth-order valence-corrected chi connectivity index (χ4v) is 7.25. The molecule has 2 aromatic carbocycles. The quantitative estimate of drug-likeness (QED) is 0.378. The average Bonchev–Trinajstić information content (AvgIpc) is 3.56. The summed E-state index contributed by atoms with van der Waals surface area (Å²) in [4.78, 5) is 9.49. The number of benzene rings is 2. The van der Waals surface area contributed by atoms with Crippen molar-refractivity contribution >= 4 is 15.7 Å². The van der Waals surface area contributed by atoms with Crippen LogP contribution < -0.4 is 4.90 Å². The standard InChI is InChI=1S/C28H33F3N4O2S/c1-20-6-13-27-22(14-20)16-34(38(36,37)26-11-8-23(9-12-26)28(29,30)31)18-25(10-7-21-4-2-3-5-21)35(27)17-24-15-32-19-33-24/h6,8-9,11-15,19,21,25H,2-5,7,10,16-18H2,1H3,(H,32,33)/t25-/m1/s1. The Morgan fingerprint density at radius 1 is 1.05 bits per heavy atom. The summed E-state index contributed by atoms with van der Waals surface area (Å²) >= 11 is 0. The van der Waals surface area contributed by atoms with Crippen molar-refractivity contribution in [2.75, 3.05) is 11.4 Å². The third kappa shape index (κ3) is 5.76. The van der Waals surface area contributed by atoms with Crippen molar-refractivity contribution in [2.24, 2.45) is 5.92 Å². The molecule has 0 radical (unpaired) electrons. The monoisotopic (exact) mass is 546 g/mol. The number of hydrogen-bond acceptors (Lipinski definition) is 4. The van der Waals surface area contributed by atoms with E-state index < -0.39 is 21.8 Å². The lowest BCUT2D eigenvalue weighted by Gasteiger charge is -2.34. The fraction of sp³-hybridized carbons (Fsp3) is 0.464. The predicted molar refractivity (Wildman–Crippen MR) is 140 cm³/mol. The van der Waals surface area contributed by atoms with Crippen LogP contribution in [0, 0.1) is 12.8 Å². The number of nitrogens with one attached hydrogen (secondary N) is 1. The maximum Gasteiger partial charge on any atom is 0.416 e. The Balaban J connectivity index is 1.52. The number of alkyl halides is 3. The van der Waals surface area contributed by atoms with Crippen LogP contribution in [0.15, 0.2) is 59.9 Å². The van der Waals surface area contributed by atoms with Crippen LogP contribution in [0.5, 0.6) is 0 Å². The van der Waals surface area contributed by atoms with Crippen molar-refractivity contribution in [1.82, 2.24) is 14.3 Å². The molecule has 0 bridgehead atoms. The maximum absolute atomic E-state index is 13.8. The van der Waals surface area contributed by atoms with Crippen LogP contribution in [0.4, 0.5) is 18.9 Å². The summed E-state index contributed by atoms with van der Waals surface area (Å²) in [5.74, 6) is 0.643. The summed E-state index contributed by atoms with van der Waals surface area (Å²) in [6.45, 7) is 2.92. The number of aromatic amines is 1. The van der Waals surface area contributed by atoms with Gasteiger partial charge >= 0.3 is 6.18 Å². The van der Waals surface area contributed by atoms with E-state index in [1.807, 2.05) is 19.1 Å². The number of aryl methyl sites for hydroxylation is 1. The minimum atomic E-state index is -4.53. The van der Waals surface area contributed by atoms with Crippen LogP contribution in [-0.2, 0) is 29.3 Å².